The van der Waals surface area contributed by atoms with Crippen molar-refractivity contribution in [3.63, 3.8) is 0 Å². The van der Waals surface area contributed by atoms with Crippen LogP contribution >= 0.6 is 0 Å². The largest absolute Gasteiger partial charge is 0.494 e. The number of nitrogens with zero attached hydrogens (tertiary/aromatic N) is 2. The molecule has 2 aromatic rings. The Bertz CT molecular complexity index is 912. The van der Waals surface area contributed by atoms with Gasteiger partial charge in [-0.2, -0.15) is 0 Å². The Morgan fingerprint density at radius 1 is 0.923 bits per heavy atom. The van der Waals surface area contributed by atoms with E-state index < -0.39 is 9.84 Å². The maximum absolute atomic E-state index is 13.2. The van der Waals surface area contributed by atoms with Gasteiger partial charge in [0.05, 0.1) is 30.2 Å². The number of anilines is 2. The van der Waals surface area contributed by atoms with Crippen molar-refractivity contribution in [3.05, 3.63) is 54.6 Å². The first-order chi connectivity index (χ1) is 12.5. The summed E-state index contributed by atoms with van der Waals surface area (Å²) < 4.78 is 30.0. The highest BCUT2D eigenvalue weighted by Crippen LogP contribution is 2.38. The summed E-state index contributed by atoms with van der Waals surface area (Å²) in [7, 11) is -3.19. The van der Waals surface area contributed by atoms with Gasteiger partial charge < -0.3 is 4.74 Å². The van der Waals surface area contributed by atoms with E-state index >= 15 is 0 Å². The second kappa shape index (κ2) is 6.32. The molecule has 2 aliphatic heterocycles. The zero-order chi connectivity index (χ0) is 18.3. The number of fused-ring (bicyclic) bond motifs is 1. The molecule has 0 aliphatic carbocycles. The molecule has 2 saturated heterocycles. The highest BCUT2D eigenvalue weighted by Gasteiger charge is 2.54. The lowest BCUT2D eigenvalue weighted by molar-refractivity contribution is 0.255. The van der Waals surface area contributed by atoms with E-state index in [1.54, 1.807) is 34.1 Å². The van der Waals surface area contributed by atoms with Crippen molar-refractivity contribution >= 4 is 27.2 Å². The van der Waals surface area contributed by atoms with Crippen molar-refractivity contribution in [2.24, 2.45) is 0 Å². The molecule has 4 rings (SSSR count). The lowest BCUT2D eigenvalue weighted by Gasteiger charge is -2.22. The summed E-state index contributed by atoms with van der Waals surface area (Å²) in [6, 6.07) is 15.5. The minimum Gasteiger partial charge on any atom is -0.494 e. The molecule has 2 fully saturated rings. The van der Waals surface area contributed by atoms with Gasteiger partial charge in [0, 0.05) is 11.4 Å². The number of sulfone groups is 1. The first-order valence-electron chi connectivity index (χ1n) is 8.61. The second-order valence-corrected chi connectivity index (χ2v) is 8.65. The van der Waals surface area contributed by atoms with Crippen LogP contribution in [0.25, 0.3) is 0 Å². The van der Waals surface area contributed by atoms with E-state index in [9.17, 15) is 13.2 Å². The average molecular weight is 372 g/mol. The first kappa shape index (κ1) is 16.9. The van der Waals surface area contributed by atoms with Crippen LogP contribution in [0.1, 0.15) is 6.92 Å². The van der Waals surface area contributed by atoms with Crippen molar-refractivity contribution in [3.8, 4) is 5.75 Å². The zero-order valence-electron chi connectivity index (χ0n) is 14.4. The predicted molar refractivity (Wildman–Crippen MR) is 101 cm³/mol. The van der Waals surface area contributed by atoms with Gasteiger partial charge in [0.1, 0.15) is 5.75 Å². The molecule has 2 atom stereocenters. The molecule has 136 valence electrons. The summed E-state index contributed by atoms with van der Waals surface area (Å²) in [5, 5.41) is 0. The fourth-order valence-electron chi connectivity index (χ4n) is 3.77. The van der Waals surface area contributed by atoms with Crippen molar-refractivity contribution < 1.29 is 17.9 Å². The molecule has 2 amide bonds. The minimum absolute atomic E-state index is 0.00810. The predicted octanol–water partition coefficient (Wildman–Crippen LogP) is 2.70. The molecule has 2 heterocycles. The molecule has 0 radical (unpaired) electrons. The Balaban J connectivity index is 1.73. The van der Waals surface area contributed by atoms with Crippen LogP contribution in [0.3, 0.4) is 0 Å². The molecule has 0 N–H and O–H groups in total. The van der Waals surface area contributed by atoms with Crippen molar-refractivity contribution in [2.75, 3.05) is 27.9 Å². The highest BCUT2D eigenvalue weighted by molar-refractivity contribution is 7.91. The van der Waals surface area contributed by atoms with Gasteiger partial charge in [-0.3, -0.25) is 9.80 Å². The average Bonchev–Trinajstić information content (AvgIpc) is 3.05. The zero-order valence-corrected chi connectivity index (χ0v) is 15.2. The minimum atomic E-state index is -3.19. The number of rotatable bonds is 4. The Morgan fingerprint density at radius 3 is 2.00 bits per heavy atom. The van der Waals surface area contributed by atoms with Gasteiger partial charge in [0.25, 0.3) is 0 Å². The van der Waals surface area contributed by atoms with E-state index in [4.69, 9.17) is 4.74 Å². The molecular weight excluding hydrogens is 352 g/mol. The number of benzene rings is 2. The molecule has 0 saturated carbocycles. The Labute approximate surface area is 152 Å². The number of urea groups is 1. The molecule has 2 unspecified atom stereocenters. The van der Waals surface area contributed by atoms with E-state index in [0.717, 1.165) is 11.4 Å². The van der Waals surface area contributed by atoms with Crippen LogP contribution < -0.4 is 14.5 Å². The number of carbonyl (C=O) groups is 1. The summed E-state index contributed by atoms with van der Waals surface area (Å²) >= 11 is 0. The van der Waals surface area contributed by atoms with E-state index in [-0.39, 0.29) is 29.6 Å². The van der Waals surface area contributed by atoms with Crippen molar-refractivity contribution in [2.45, 2.75) is 19.0 Å². The fraction of sp³-hybridized carbons (Fsp3) is 0.316. The maximum atomic E-state index is 13.2. The van der Waals surface area contributed by atoms with Crippen LogP contribution in [0.2, 0.25) is 0 Å². The highest BCUT2D eigenvalue weighted by atomic mass is 32.2. The van der Waals surface area contributed by atoms with Crippen LogP contribution in [0.15, 0.2) is 54.6 Å². The molecule has 2 aromatic carbocycles. The Hall–Kier alpha value is -2.54. The SMILES string of the molecule is CCOc1ccc(N2C(=O)N(c3ccccc3)C3CS(=O)(=O)CC32)cc1. The van der Waals surface area contributed by atoms with Crippen LogP contribution in [-0.2, 0) is 9.84 Å². The fourth-order valence-corrected chi connectivity index (χ4v) is 5.68. The number of amides is 2. The molecule has 0 aromatic heterocycles. The molecule has 2 aliphatic rings. The van der Waals surface area contributed by atoms with Crippen LogP contribution in [0.5, 0.6) is 5.75 Å². The summed E-state index contributed by atoms with van der Waals surface area (Å²) in [6.45, 7) is 2.47. The summed E-state index contributed by atoms with van der Waals surface area (Å²) in [5.74, 6) is 0.699. The molecule has 26 heavy (non-hydrogen) atoms. The van der Waals surface area contributed by atoms with Crippen molar-refractivity contribution in [1.29, 1.82) is 0 Å². The van der Waals surface area contributed by atoms with Gasteiger partial charge in [0.15, 0.2) is 9.84 Å². The second-order valence-electron chi connectivity index (χ2n) is 6.50. The maximum Gasteiger partial charge on any atom is 0.329 e. The number of carbonyl (C=O) groups excluding carboxylic acids is 1. The molecular formula is C19H20N2O4S. The van der Waals surface area contributed by atoms with Gasteiger partial charge in [0.2, 0.25) is 0 Å². The van der Waals surface area contributed by atoms with Gasteiger partial charge >= 0.3 is 6.03 Å². The van der Waals surface area contributed by atoms with Crippen LogP contribution in [-0.4, -0.2) is 44.6 Å². The topological polar surface area (TPSA) is 66.9 Å². The summed E-state index contributed by atoms with van der Waals surface area (Å²) in [6.07, 6.45) is 0. The number of hydrogen-bond acceptors (Lipinski definition) is 4. The normalized spacial score (nSPS) is 24.0. The van der Waals surface area contributed by atoms with E-state index in [0.29, 0.717) is 12.3 Å². The summed E-state index contributed by atoms with van der Waals surface area (Å²) in [5.41, 5.74) is 1.40. The number of hydrogen-bond donors (Lipinski definition) is 0. The van der Waals surface area contributed by atoms with Crippen molar-refractivity contribution in [1.82, 2.24) is 0 Å². The Kier molecular flexibility index (Phi) is 4.11. The Morgan fingerprint density at radius 2 is 1.46 bits per heavy atom. The first-order valence-corrected chi connectivity index (χ1v) is 10.4. The third-order valence-corrected chi connectivity index (χ3v) is 6.53. The third-order valence-electron chi connectivity index (χ3n) is 4.83. The standard InChI is InChI=1S/C19H20N2O4S/c1-2-25-16-10-8-15(9-11-16)21-18-13-26(23,24)12-17(18)20(19(21)22)14-6-4-3-5-7-14/h3-11,17-18H,2,12-13H2,1H3. The molecule has 7 heteroatoms. The lowest BCUT2D eigenvalue weighted by Crippen LogP contribution is -2.37. The van der Waals surface area contributed by atoms with Gasteiger partial charge in [-0.05, 0) is 43.3 Å². The van der Waals surface area contributed by atoms with Gasteiger partial charge in [-0.25, -0.2) is 13.2 Å². The molecule has 6 nitrogen and oxygen atoms in total. The quantitative estimate of drug-likeness (QED) is 0.774. The molecule has 0 spiro atoms. The monoisotopic (exact) mass is 372 g/mol. The van der Waals surface area contributed by atoms with E-state index in [2.05, 4.69) is 0 Å². The van der Waals surface area contributed by atoms with Crippen LogP contribution in [0, 0.1) is 0 Å². The van der Waals surface area contributed by atoms with Gasteiger partial charge in [-0.1, -0.05) is 18.2 Å². The van der Waals surface area contributed by atoms with Crippen LogP contribution in [0.4, 0.5) is 16.2 Å². The van der Waals surface area contributed by atoms with Gasteiger partial charge in [-0.15, -0.1) is 0 Å². The smallest absolute Gasteiger partial charge is 0.329 e. The third kappa shape index (κ3) is 2.82. The van der Waals surface area contributed by atoms with E-state index in [1.165, 1.54) is 0 Å². The van der Waals surface area contributed by atoms with E-state index in [1.807, 2.05) is 37.3 Å². The number of para-hydroxylation sites is 1. The number of ether oxygens (including phenoxy) is 1. The summed E-state index contributed by atoms with van der Waals surface area (Å²) in [4.78, 5) is 16.4. The lowest BCUT2D eigenvalue weighted by atomic mass is 10.1. The molecule has 0 bridgehead atoms.